The third-order valence-corrected chi connectivity index (χ3v) is 6.89. The van der Waals surface area contributed by atoms with Crippen LogP contribution in [0.1, 0.15) is 46.5 Å². The van der Waals surface area contributed by atoms with Crippen LogP contribution in [0, 0.1) is 11.8 Å². The van der Waals surface area contributed by atoms with Crippen molar-refractivity contribution in [1.82, 2.24) is 13.9 Å². The molecule has 3 atom stereocenters. The van der Waals surface area contributed by atoms with Crippen molar-refractivity contribution in [3.63, 3.8) is 0 Å². The van der Waals surface area contributed by atoms with Crippen LogP contribution < -0.4 is 5.32 Å². The summed E-state index contributed by atoms with van der Waals surface area (Å²) >= 11 is 0. The van der Waals surface area contributed by atoms with Crippen molar-refractivity contribution in [3.8, 4) is 0 Å². The van der Waals surface area contributed by atoms with E-state index in [2.05, 4.69) is 26.1 Å². The largest absolute Gasteiger partial charge is 0.314 e. The van der Waals surface area contributed by atoms with Crippen LogP contribution in [0.4, 0.5) is 0 Å². The summed E-state index contributed by atoms with van der Waals surface area (Å²) in [6, 6.07) is 0.383. The quantitative estimate of drug-likeness (QED) is 0.839. The van der Waals surface area contributed by atoms with Crippen molar-refractivity contribution in [1.29, 1.82) is 0 Å². The lowest BCUT2D eigenvalue weighted by Gasteiger charge is -2.39. The van der Waals surface area contributed by atoms with Gasteiger partial charge in [0, 0.05) is 32.2 Å². The molecule has 2 rings (SSSR count). The summed E-state index contributed by atoms with van der Waals surface area (Å²) in [5.41, 5.74) is 0. The van der Waals surface area contributed by atoms with E-state index >= 15 is 0 Å². The Kier molecular flexibility index (Phi) is 6.05. The second kappa shape index (κ2) is 7.40. The Morgan fingerprint density at radius 3 is 2.38 bits per heavy atom. The van der Waals surface area contributed by atoms with Gasteiger partial charge in [0.15, 0.2) is 0 Å². The molecule has 0 saturated carbocycles. The highest BCUT2D eigenvalue weighted by Crippen LogP contribution is 2.26. The maximum atomic E-state index is 12.8. The molecule has 0 aromatic carbocycles. The van der Waals surface area contributed by atoms with Crippen LogP contribution in [0.25, 0.3) is 0 Å². The van der Waals surface area contributed by atoms with Gasteiger partial charge in [0.25, 0.3) is 10.2 Å². The second-order valence-electron chi connectivity index (χ2n) is 6.72. The fourth-order valence-corrected chi connectivity index (χ4v) is 5.47. The zero-order chi connectivity index (χ0) is 15.5. The fourth-order valence-electron chi connectivity index (χ4n) is 3.60. The van der Waals surface area contributed by atoms with Gasteiger partial charge in [-0.05, 0) is 51.0 Å². The van der Waals surface area contributed by atoms with E-state index in [1.807, 2.05) is 0 Å². The normalized spacial score (nSPS) is 31.2. The highest BCUT2D eigenvalue weighted by atomic mass is 32.2. The van der Waals surface area contributed by atoms with Gasteiger partial charge in [-0.15, -0.1) is 0 Å². The maximum absolute atomic E-state index is 12.8. The highest BCUT2D eigenvalue weighted by Gasteiger charge is 2.36. The van der Waals surface area contributed by atoms with Crippen LogP contribution in [-0.4, -0.2) is 55.8 Å². The van der Waals surface area contributed by atoms with Gasteiger partial charge in [0.1, 0.15) is 0 Å². The Balaban J connectivity index is 2.02. The van der Waals surface area contributed by atoms with E-state index in [1.54, 1.807) is 8.61 Å². The first-order chi connectivity index (χ1) is 9.95. The number of piperidine rings is 2. The topological polar surface area (TPSA) is 52.7 Å². The van der Waals surface area contributed by atoms with Crippen molar-refractivity contribution in [2.75, 3.05) is 32.7 Å². The molecule has 0 spiro atoms. The molecule has 124 valence electrons. The molecule has 6 heteroatoms. The first kappa shape index (κ1) is 17.2. The summed E-state index contributed by atoms with van der Waals surface area (Å²) in [4.78, 5) is 0. The van der Waals surface area contributed by atoms with Crippen molar-refractivity contribution in [2.24, 2.45) is 11.8 Å². The first-order valence-corrected chi connectivity index (χ1v) is 9.83. The lowest BCUT2D eigenvalue weighted by molar-refractivity contribution is 0.201. The molecule has 0 radical (unpaired) electrons. The molecule has 2 aliphatic heterocycles. The van der Waals surface area contributed by atoms with Crippen LogP contribution in [0.3, 0.4) is 0 Å². The zero-order valence-electron chi connectivity index (χ0n) is 13.7. The Hall–Kier alpha value is -0.170. The molecule has 0 bridgehead atoms. The molecule has 2 fully saturated rings. The smallest absolute Gasteiger partial charge is 0.281 e. The molecule has 0 amide bonds. The Bertz CT molecular complexity index is 427. The lowest BCUT2D eigenvalue weighted by atomic mass is 9.93. The Morgan fingerprint density at radius 2 is 1.76 bits per heavy atom. The van der Waals surface area contributed by atoms with Crippen LogP contribution in [0.15, 0.2) is 0 Å². The van der Waals surface area contributed by atoms with E-state index in [-0.39, 0.29) is 0 Å². The van der Waals surface area contributed by atoms with Gasteiger partial charge in [-0.2, -0.15) is 17.0 Å². The van der Waals surface area contributed by atoms with Crippen molar-refractivity contribution in [3.05, 3.63) is 0 Å². The number of nitrogens with one attached hydrogen (secondary N) is 1. The summed E-state index contributed by atoms with van der Waals surface area (Å²) in [5, 5.41) is 3.44. The van der Waals surface area contributed by atoms with Gasteiger partial charge in [-0.3, -0.25) is 0 Å². The third-order valence-electron chi connectivity index (χ3n) is 4.93. The molecule has 2 aliphatic rings. The molecule has 2 heterocycles. The molecule has 0 aromatic heterocycles. The van der Waals surface area contributed by atoms with Gasteiger partial charge in [0.05, 0.1) is 0 Å². The Morgan fingerprint density at radius 1 is 1.14 bits per heavy atom. The minimum Gasteiger partial charge on any atom is -0.314 e. The van der Waals surface area contributed by atoms with Crippen LogP contribution >= 0.6 is 0 Å². The molecule has 0 aliphatic carbocycles. The lowest BCUT2D eigenvalue weighted by Crippen LogP contribution is -2.52. The summed E-state index contributed by atoms with van der Waals surface area (Å²) in [5.74, 6) is 0.908. The van der Waals surface area contributed by atoms with E-state index in [0.29, 0.717) is 44.1 Å². The number of hydrogen-bond acceptors (Lipinski definition) is 3. The maximum Gasteiger partial charge on any atom is 0.281 e. The molecule has 5 nitrogen and oxygen atoms in total. The molecule has 0 aromatic rings. The SMILES string of the molecule is CCNC(C)C1CCCN(S(=O)(=O)N2CCCC(C)C2)C1. The van der Waals surface area contributed by atoms with Crippen molar-refractivity contribution < 1.29 is 8.42 Å². The van der Waals surface area contributed by atoms with E-state index in [0.717, 1.165) is 32.2 Å². The second-order valence-corrected chi connectivity index (χ2v) is 8.65. The molecular formula is C15H31N3O2S. The number of hydrogen-bond donors (Lipinski definition) is 1. The number of rotatable bonds is 5. The van der Waals surface area contributed by atoms with Crippen molar-refractivity contribution >= 4 is 10.2 Å². The zero-order valence-corrected chi connectivity index (χ0v) is 14.5. The van der Waals surface area contributed by atoms with E-state index in [1.165, 1.54) is 0 Å². The first-order valence-electron chi connectivity index (χ1n) is 8.43. The minimum atomic E-state index is -3.26. The van der Waals surface area contributed by atoms with Crippen LogP contribution in [-0.2, 0) is 10.2 Å². The van der Waals surface area contributed by atoms with Gasteiger partial charge >= 0.3 is 0 Å². The van der Waals surface area contributed by atoms with E-state index in [9.17, 15) is 8.42 Å². The average molecular weight is 317 g/mol. The standard InChI is InChI=1S/C15H31N3O2S/c1-4-16-14(3)15-8-6-10-18(12-15)21(19,20)17-9-5-7-13(2)11-17/h13-16H,4-12H2,1-3H3. The summed E-state index contributed by atoms with van der Waals surface area (Å²) in [7, 11) is -3.26. The average Bonchev–Trinajstić information content (AvgIpc) is 2.47. The van der Waals surface area contributed by atoms with Gasteiger partial charge in [-0.1, -0.05) is 13.8 Å². The monoisotopic (exact) mass is 317 g/mol. The van der Waals surface area contributed by atoms with Crippen LogP contribution in [0.2, 0.25) is 0 Å². The summed E-state index contributed by atoms with van der Waals surface area (Å²) in [6.45, 7) is 10.1. The third kappa shape index (κ3) is 4.18. The predicted octanol–water partition coefficient (Wildman–Crippen LogP) is 1.67. The molecule has 1 N–H and O–H groups in total. The summed E-state index contributed by atoms with van der Waals surface area (Å²) < 4.78 is 29.1. The molecule has 21 heavy (non-hydrogen) atoms. The fraction of sp³-hybridized carbons (Fsp3) is 1.00. The summed E-state index contributed by atoms with van der Waals surface area (Å²) in [6.07, 6.45) is 4.23. The van der Waals surface area contributed by atoms with Gasteiger partial charge in [-0.25, -0.2) is 0 Å². The van der Waals surface area contributed by atoms with Crippen molar-refractivity contribution in [2.45, 2.75) is 52.5 Å². The molecule has 3 unspecified atom stereocenters. The highest BCUT2D eigenvalue weighted by molar-refractivity contribution is 7.86. The van der Waals surface area contributed by atoms with Crippen LogP contribution in [0.5, 0.6) is 0 Å². The minimum absolute atomic E-state index is 0.383. The van der Waals surface area contributed by atoms with E-state index in [4.69, 9.17) is 0 Å². The molecular weight excluding hydrogens is 286 g/mol. The predicted molar refractivity (Wildman–Crippen MR) is 86.3 cm³/mol. The molecule has 2 saturated heterocycles. The van der Waals surface area contributed by atoms with Gasteiger partial charge in [0.2, 0.25) is 0 Å². The van der Waals surface area contributed by atoms with E-state index < -0.39 is 10.2 Å². The number of nitrogens with zero attached hydrogens (tertiary/aromatic N) is 2. The van der Waals surface area contributed by atoms with Gasteiger partial charge < -0.3 is 5.32 Å². The Labute approximate surface area is 130 Å².